The van der Waals surface area contributed by atoms with Crippen LogP contribution >= 0.6 is 11.6 Å². The number of halogens is 1. The van der Waals surface area contributed by atoms with E-state index in [1.165, 1.54) is 0 Å². The molecule has 0 N–H and O–H groups in total. The molecule has 0 fully saturated rings. The van der Waals surface area contributed by atoms with Gasteiger partial charge in [-0.25, -0.2) is 0 Å². The zero-order valence-electron chi connectivity index (χ0n) is 10.4. The molecule has 17 heavy (non-hydrogen) atoms. The van der Waals surface area contributed by atoms with Crippen molar-refractivity contribution in [3.05, 3.63) is 29.3 Å². The third kappa shape index (κ3) is 4.65. The van der Waals surface area contributed by atoms with Crippen molar-refractivity contribution in [2.75, 3.05) is 20.2 Å². The number of benzene rings is 1. The smallest absolute Gasteiger partial charge is 0.224 e. The van der Waals surface area contributed by atoms with Crippen LogP contribution < -0.4 is 4.74 Å². The maximum Gasteiger partial charge on any atom is 0.224 e. The van der Waals surface area contributed by atoms with Crippen LogP contribution in [0.3, 0.4) is 0 Å². The van der Waals surface area contributed by atoms with Crippen molar-refractivity contribution in [1.82, 2.24) is 4.90 Å². The van der Waals surface area contributed by atoms with E-state index in [9.17, 15) is 4.79 Å². The molecule has 94 valence electrons. The molecule has 0 radical (unpaired) electrons. The van der Waals surface area contributed by atoms with Crippen molar-refractivity contribution in [2.45, 2.75) is 13.8 Å². The first-order chi connectivity index (χ1) is 8.00. The van der Waals surface area contributed by atoms with Crippen LogP contribution in [0.2, 0.25) is 5.02 Å². The summed E-state index contributed by atoms with van der Waals surface area (Å²) in [6.07, 6.45) is 0. The van der Waals surface area contributed by atoms with E-state index in [0.717, 1.165) is 5.75 Å². The highest BCUT2D eigenvalue weighted by atomic mass is 35.5. The lowest BCUT2D eigenvalue weighted by atomic mass is 10.2. The summed E-state index contributed by atoms with van der Waals surface area (Å²) >= 11 is 5.76. The summed E-state index contributed by atoms with van der Waals surface area (Å²) in [5, 5.41) is 0.685. The average Bonchev–Trinajstić information content (AvgIpc) is 2.30. The Kier molecular flexibility index (Phi) is 5.29. The van der Waals surface area contributed by atoms with Crippen LogP contribution in [0, 0.1) is 5.92 Å². The molecule has 0 aliphatic rings. The van der Waals surface area contributed by atoms with Gasteiger partial charge in [-0.3, -0.25) is 4.79 Å². The van der Waals surface area contributed by atoms with Gasteiger partial charge in [0, 0.05) is 18.0 Å². The summed E-state index contributed by atoms with van der Waals surface area (Å²) in [7, 11) is 1.79. The molecule has 0 unspecified atom stereocenters. The molecule has 0 aliphatic heterocycles. The van der Waals surface area contributed by atoms with Crippen LogP contribution in [0.4, 0.5) is 0 Å². The quantitative estimate of drug-likeness (QED) is 0.810. The number of rotatable bonds is 5. The number of amides is 1. The van der Waals surface area contributed by atoms with Crippen molar-refractivity contribution in [2.24, 2.45) is 5.92 Å². The topological polar surface area (TPSA) is 29.5 Å². The zero-order valence-corrected chi connectivity index (χ0v) is 11.2. The molecule has 0 aromatic heterocycles. The Labute approximate surface area is 107 Å². The minimum absolute atomic E-state index is 0.0236. The first kappa shape index (κ1) is 13.8. The fourth-order valence-corrected chi connectivity index (χ4v) is 1.51. The van der Waals surface area contributed by atoms with Gasteiger partial charge in [-0.2, -0.15) is 0 Å². The second kappa shape index (κ2) is 6.50. The Hall–Kier alpha value is -1.22. The van der Waals surface area contributed by atoms with Crippen LogP contribution in [0.5, 0.6) is 5.75 Å². The number of likely N-dealkylation sites (N-methyl/N-ethyl adjacent to an activating group) is 1. The molecule has 1 rings (SSSR count). The van der Waals surface area contributed by atoms with E-state index in [0.29, 0.717) is 18.2 Å². The van der Waals surface area contributed by atoms with Gasteiger partial charge in [0.25, 0.3) is 0 Å². The summed E-state index contributed by atoms with van der Waals surface area (Å²) in [5.41, 5.74) is 0. The van der Waals surface area contributed by atoms with Crippen LogP contribution in [0.15, 0.2) is 24.3 Å². The first-order valence-corrected chi connectivity index (χ1v) is 6.02. The number of nitrogens with zero attached hydrogens (tertiary/aromatic N) is 1. The molecule has 1 amide bonds. The van der Waals surface area contributed by atoms with Gasteiger partial charge in [0.15, 0.2) is 0 Å². The van der Waals surface area contributed by atoms with Gasteiger partial charge in [0.1, 0.15) is 12.4 Å². The minimum Gasteiger partial charge on any atom is -0.492 e. The van der Waals surface area contributed by atoms with E-state index in [1.807, 2.05) is 26.0 Å². The van der Waals surface area contributed by atoms with Gasteiger partial charge < -0.3 is 9.64 Å². The van der Waals surface area contributed by atoms with E-state index >= 15 is 0 Å². The van der Waals surface area contributed by atoms with Crippen molar-refractivity contribution in [3.8, 4) is 5.75 Å². The molecular weight excluding hydrogens is 238 g/mol. The number of hydrogen-bond acceptors (Lipinski definition) is 2. The van der Waals surface area contributed by atoms with Gasteiger partial charge in [0.2, 0.25) is 5.91 Å². The van der Waals surface area contributed by atoms with E-state index in [2.05, 4.69) is 0 Å². The van der Waals surface area contributed by atoms with Crippen LogP contribution in [0.1, 0.15) is 13.8 Å². The van der Waals surface area contributed by atoms with Crippen LogP contribution in [0.25, 0.3) is 0 Å². The van der Waals surface area contributed by atoms with Gasteiger partial charge in [0.05, 0.1) is 6.54 Å². The molecule has 4 heteroatoms. The maximum atomic E-state index is 11.6. The predicted molar refractivity (Wildman–Crippen MR) is 69.4 cm³/mol. The molecule has 0 spiro atoms. The molecule has 0 saturated heterocycles. The zero-order chi connectivity index (χ0) is 12.8. The average molecular weight is 256 g/mol. The molecule has 0 bridgehead atoms. The van der Waals surface area contributed by atoms with E-state index in [4.69, 9.17) is 16.3 Å². The Morgan fingerprint density at radius 3 is 2.47 bits per heavy atom. The Bertz CT molecular complexity index is 362. The highest BCUT2D eigenvalue weighted by Crippen LogP contribution is 2.15. The summed E-state index contributed by atoms with van der Waals surface area (Å²) < 4.78 is 5.51. The molecule has 1 aromatic carbocycles. The van der Waals surface area contributed by atoms with E-state index in [-0.39, 0.29) is 11.8 Å². The van der Waals surface area contributed by atoms with Gasteiger partial charge in [-0.15, -0.1) is 0 Å². The molecule has 0 aliphatic carbocycles. The Morgan fingerprint density at radius 2 is 1.94 bits per heavy atom. The van der Waals surface area contributed by atoms with Gasteiger partial charge >= 0.3 is 0 Å². The fraction of sp³-hybridized carbons (Fsp3) is 0.462. The molecule has 0 heterocycles. The maximum absolute atomic E-state index is 11.6. The summed E-state index contributed by atoms with van der Waals surface area (Å²) in [4.78, 5) is 13.3. The third-order valence-electron chi connectivity index (χ3n) is 2.38. The monoisotopic (exact) mass is 255 g/mol. The minimum atomic E-state index is 0.0236. The van der Waals surface area contributed by atoms with Crippen molar-refractivity contribution in [1.29, 1.82) is 0 Å². The number of hydrogen-bond donors (Lipinski definition) is 0. The van der Waals surface area contributed by atoms with Crippen molar-refractivity contribution < 1.29 is 9.53 Å². The SMILES string of the molecule is CC(C)C(=O)N(C)CCOc1ccc(Cl)cc1. The van der Waals surface area contributed by atoms with Crippen molar-refractivity contribution in [3.63, 3.8) is 0 Å². The lowest BCUT2D eigenvalue weighted by Gasteiger charge is -2.19. The largest absolute Gasteiger partial charge is 0.492 e. The molecule has 1 aromatic rings. The summed E-state index contributed by atoms with van der Waals surface area (Å²) in [6.45, 7) is 4.84. The molecule has 0 saturated carbocycles. The highest BCUT2D eigenvalue weighted by Gasteiger charge is 2.12. The molecule has 3 nitrogen and oxygen atoms in total. The standard InChI is InChI=1S/C13H18ClNO2/c1-10(2)13(16)15(3)8-9-17-12-6-4-11(14)5-7-12/h4-7,10H,8-9H2,1-3H3. The van der Waals surface area contributed by atoms with E-state index < -0.39 is 0 Å². The summed E-state index contributed by atoms with van der Waals surface area (Å²) in [5.74, 6) is 0.917. The van der Waals surface area contributed by atoms with Gasteiger partial charge in [-0.05, 0) is 24.3 Å². The lowest BCUT2D eigenvalue weighted by molar-refractivity contribution is -0.133. The van der Waals surface area contributed by atoms with Crippen LogP contribution in [-0.4, -0.2) is 31.0 Å². The number of carbonyl (C=O) groups is 1. The number of ether oxygens (including phenoxy) is 1. The van der Waals surface area contributed by atoms with Crippen LogP contribution in [-0.2, 0) is 4.79 Å². The van der Waals surface area contributed by atoms with Gasteiger partial charge in [-0.1, -0.05) is 25.4 Å². The Balaban J connectivity index is 2.33. The normalized spacial score (nSPS) is 10.4. The lowest BCUT2D eigenvalue weighted by Crippen LogP contribution is -2.33. The fourth-order valence-electron chi connectivity index (χ4n) is 1.38. The van der Waals surface area contributed by atoms with E-state index in [1.54, 1.807) is 24.1 Å². The predicted octanol–water partition coefficient (Wildman–Crippen LogP) is 2.83. The molecular formula is C13H18ClNO2. The Morgan fingerprint density at radius 1 is 1.35 bits per heavy atom. The summed E-state index contributed by atoms with van der Waals surface area (Å²) in [6, 6.07) is 7.18. The highest BCUT2D eigenvalue weighted by molar-refractivity contribution is 6.30. The number of carbonyl (C=O) groups excluding carboxylic acids is 1. The molecule has 0 atom stereocenters. The second-order valence-corrected chi connectivity index (χ2v) is 4.65. The third-order valence-corrected chi connectivity index (χ3v) is 2.63. The second-order valence-electron chi connectivity index (χ2n) is 4.22. The van der Waals surface area contributed by atoms with Crippen molar-refractivity contribution >= 4 is 17.5 Å². The first-order valence-electron chi connectivity index (χ1n) is 5.64.